The van der Waals surface area contributed by atoms with Gasteiger partial charge in [0.1, 0.15) is 5.82 Å². The van der Waals surface area contributed by atoms with Crippen LogP contribution in [0.2, 0.25) is 0 Å². The number of hydrogen-bond acceptors (Lipinski definition) is 9. The number of pyridine rings is 2. The summed E-state index contributed by atoms with van der Waals surface area (Å²) in [5.74, 6) is 0.239. The van der Waals surface area contributed by atoms with Gasteiger partial charge in [0, 0.05) is 77.6 Å². The highest BCUT2D eigenvalue weighted by Gasteiger charge is 2.31. The van der Waals surface area contributed by atoms with E-state index in [0.29, 0.717) is 40.5 Å². The van der Waals surface area contributed by atoms with Gasteiger partial charge in [0.25, 0.3) is 0 Å². The van der Waals surface area contributed by atoms with Crippen molar-refractivity contribution in [3.05, 3.63) is 174 Å². The summed E-state index contributed by atoms with van der Waals surface area (Å²) in [6.07, 6.45) is -2.14. The van der Waals surface area contributed by atoms with Crippen molar-refractivity contribution < 1.29 is 31.1 Å². The molecule has 16 heteroatoms. The predicted octanol–water partition coefficient (Wildman–Crippen LogP) is 12.6. The Labute approximate surface area is 358 Å². The molecule has 0 spiro atoms. The Morgan fingerprint density at radius 2 is 1.03 bits per heavy atom. The Morgan fingerprint density at radius 1 is 0.574 bits per heavy atom. The highest BCUT2D eigenvalue weighted by molar-refractivity contribution is 7.10. The van der Waals surface area contributed by atoms with Crippen LogP contribution in [0, 0.1) is 6.92 Å². The Kier molecular flexibility index (Phi) is 13.2. The van der Waals surface area contributed by atoms with Crippen LogP contribution in [0.1, 0.15) is 55.3 Å². The third-order valence-electron chi connectivity index (χ3n) is 9.01. The lowest BCUT2D eigenvalue weighted by molar-refractivity contribution is -0.138. The Hall–Kier alpha value is -6.10. The number of alkyl halides is 6. The van der Waals surface area contributed by atoms with Crippen molar-refractivity contribution >= 4 is 45.7 Å². The van der Waals surface area contributed by atoms with Crippen LogP contribution in [-0.2, 0) is 36.4 Å². The van der Waals surface area contributed by atoms with Crippen LogP contribution in [0.25, 0.3) is 33.8 Å². The average molecular weight is 885 g/mol. The molecule has 0 radical (unpaired) electrons. The van der Waals surface area contributed by atoms with Crippen molar-refractivity contribution in [2.24, 2.45) is 0 Å². The Morgan fingerprint density at radius 3 is 1.46 bits per heavy atom. The maximum Gasteiger partial charge on any atom is 0.416 e. The summed E-state index contributed by atoms with van der Waals surface area (Å²) >= 11 is 4.43. The molecule has 0 saturated carbocycles. The summed E-state index contributed by atoms with van der Waals surface area (Å²) in [6, 6.07) is 24.5. The van der Waals surface area contributed by atoms with Crippen LogP contribution in [0.15, 0.2) is 126 Å². The van der Waals surface area contributed by atoms with E-state index in [1.165, 1.54) is 58.9 Å². The molecule has 8 aromatic rings. The van der Waals surface area contributed by atoms with E-state index in [1.807, 2.05) is 22.2 Å². The largest absolute Gasteiger partial charge is 0.416 e. The van der Waals surface area contributed by atoms with Gasteiger partial charge in [0.2, 0.25) is 5.91 Å². The fraction of sp³-hybridized carbons (Fsp3) is 0.156. The molecule has 0 saturated heterocycles. The molecule has 0 aliphatic carbocycles. The molecule has 8 rings (SSSR count). The van der Waals surface area contributed by atoms with Gasteiger partial charge in [0.05, 0.1) is 43.2 Å². The van der Waals surface area contributed by atoms with Gasteiger partial charge in [-0.3, -0.25) is 9.78 Å². The van der Waals surface area contributed by atoms with E-state index in [1.54, 1.807) is 54.2 Å². The predicted molar refractivity (Wildman–Crippen MR) is 229 cm³/mol. The van der Waals surface area contributed by atoms with E-state index in [4.69, 9.17) is 4.98 Å². The smallest absolute Gasteiger partial charge is 0.311 e. The maximum atomic E-state index is 13.0. The molecule has 5 aromatic heterocycles. The number of thiazole rings is 3. The molecule has 0 aliphatic rings. The number of anilines is 1. The van der Waals surface area contributed by atoms with Crippen molar-refractivity contribution in [3.63, 3.8) is 0 Å². The zero-order chi connectivity index (χ0) is 43.1. The minimum Gasteiger partial charge on any atom is -0.311 e. The summed E-state index contributed by atoms with van der Waals surface area (Å²) in [6.45, 7) is 3.48. The van der Waals surface area contributed by atoms with Gasteiger partial charge in [0.15, 0.2) is 0 Å². The molecule has 1 amide bonds. The number of amides is 1. The van der Waals surface area contributed by atoms with Gasteiger partial charge in [-0.1, -0.05) is 66.2 Å². The lowest BCUT2D eigenvalue weighted by Gasteiger charge is -2.07. The minimum absolute atomic E-state index is 0.206. The molecule has 0 atom stereocenters. The van der Waals surface area contributed by atoms with Crippen LogP contribution in [0.3, 0.4) is 0 Å². The first kappa shape index (κ1) is 43.0. The van der Waals surface area contributed by atoms with Crippen molar-refractivity contribution in [2.75, 3.05) is 5.32 Å². The topological polar surface area (TPSA) is 93.6 Å². The van der Waals surface area contributed by atoms with Gasteiger partial charge < -0.3 is 5.32 Å². The summed E-state index contributed by atoms with van der Waals surface area (Å²) in [5.41, 5.74) is 7.12. The van der Waals surface area contributed by atoms with E-state index in [9.17, 15) is 31.1 Å². The number of nitrogens with zero attached hydrogens (tertiary/aromatic N) is 5. The van der Waals surface area contributed by atoms with E-state index in [0.717, 1.165) is 62.7 Å². The van der Waals surface area contributed by atoms with Crippen LogP contribution < -0.4 is 5.32 Å². The molecule has 0 fully saturated rings. The highest BCUT2D eigenvalue weighted by atomic mass is 32.1. The van der Waals surface area contributed by atoms with Crippen LogP contribution in [-0.4, -0.2) is 30.8 Å². The van der Waals surface area contributed by atoms with Crippen LogP contribution >= 0.6 is 34.0 Å². The van der Waals surface area contributed by atoms with Gasteiger partial charge in [-0.05, 0) is 53.9 Å². The average Bonchev–Trinajstić information content (AvgIpc) is 4.01. The molecule has 7 nitrogen and oxygen atoms in total. The van der Waals surface area contributed by atoms with Gasteiger partial charge >= 0.3 is 12.4 Å². The molecule has 0 unspecified atom stereocenters. The number of halogens is 6. The number of carbonyl (C=O) groups is 1. The van der Waals surface area contributed by atoms with Gasteiger partial charge in [-0.25, -0.2) is 19.9 Å². The summed E-state index contributed by atoms with van der Waals surface area (Å²) < 4.78 is 77.4. The van der Waals surface area contributed by atoms with E-state index >= 15 is 0 Å². The van der Waals surface area contributed by atoms with Crippen molar-refractivity contribution in [1.29, 1.82) is 0 Å². The summed E-state index contributed by atoms with van der Waals surface area (Å²) in [7, 11) is 0. The third-order valence-corrected chi connectivity index (χ3v) is 11.6. The SMILES string of the molecule is CC(=O)Nc1ccc(-c2csc(Cc3cccc(C(F)(F)F)c3)n2)cn1.Cc1cccc(Cc2nc(-c3cncc(-c4csc(Cc5cccc(C(F)(F)F)c5)n4)c3)cs2)c1. The molecule has 310 valence electrons. The standard InChI is InChI=1S/C27H20F3N3S2.C18H14F3N3OS/c1-17-4-2-5-18(8-17)10-25-32-23(15-34-25)20-12-21(14-31-13-20)24-16-35-26(33-24)11-19-6-3-7-22(9-19)27(28,29)30;1-11(25)23-16-6-5-13(9-22-16)15-10-26-17(24-15)8-12-3-2-4-14(7-12)18(19,20)21/h2-9,12-16H,10-11H2,1H3;2-7,9-10H,8H2,1H3,(H,22,23,25). The zero-order valence-corrected chi connectivity index (χ0v) is 34.8. The lowest BCUT2D eigenvalue weighted by atomic mass is 10.1. The molecular formula is C45H34F6N6OS3. The quantitative estimate of drug-likeness (QED) is 0.138. The van der Waals surface area contributed by atoms with E-state index < -0.39 is 23.5 Å². The Bertz CT molecular complexity index is 2760. The molecule has 1 N–H and O–H groups in total. The number of carbonyl (C=O) groups excluding carboxylic acids is 1. The second-order valence-electron chi connectivity index (χ2n) is 13.9. The first-order chi connectivity index (χ1) is 29.1. The van der Waals surface area contributed by atoms with Crippen LogP contribution in [0.4, 0.5) is 32.2 Å². The third kappa shape index (κ3) is 11.8. The number of rotatable bonds is 10. The first-order valence-corrected chi connectivity index (χ1v) is 21.2. The summed E-state index contributed by atoms with van der Waals surface area (Å²) in [4.78, 5) is 33.4. The first-order valence-electron chi connectivity index (χ1n) is 18.6. The normalized spacial score (nSPS) is 11.5. The lowest BCUT2D eigenvalue weighted by Crippen LogP contribution is -2.06. The zero-order valence-electron chi connectivity index (χ0n) is 32.4. The monoisotopic (exact) mass is 884 g/mol. The fourth-order valence-electron chi connectivity index (χ4n) is 6.15. The van der Waals surface area contributed by atoms with E-state index in [-0.39, 0.29) is 5.91 Å². The summed E-state index contributed by atoms with van der Waals surface area (Å²) in [5, 5.41) is 10.9. The van der Waals surface area contributed by atoms with Crippen molar-refractivity contribution in [2.45, 2.75) is 45.5 Å². The number of hydrogen-bond donors (Lipinski definition) is 1. The molecule has 0 bridgehead atoms. The van der Waals surface area contributed by atoms with Gasteiger partial charge in [-0.15, -0.1) is 34.0 Å². The number of aromatic nitrogens is 5. The number of nitrogens with one attached hydrogen (secondary N) is 1. The molecule has 5 heterocycles. The second-order valence-corrected chi connectivity index (χ2v) is 16.7. The molecule has 61 heavy (non-hydrogen) atoms. The molecule has 0 aliphatic heterocycles. The van der Waals surface area contributed by atoms with E-state index in [2.05, 4.69) is 56.4 Å². The highest BCUT2D eigenvalue weighted by Crippen LogP contribution is 2.33. The maximum absolute atomic E-state index is 13.0. The second kappa shape index (κ2) is 18.7. The van der Waals surface area contributed by atoms with Crippen molar-refractivity contribution in [1.82, 2.24) is 24.9 Å². The molecular weight excluding hydrogens is 851 g/mol. The fourth-order valence-corrected chi connectivity index (χ4v) is 8.67. The minimum atomic E-state index is -4.36. The molecule has 3 aromatic carbocycles. The number of benzene rings is 3. The van der Waals surface area contributed by atoms with Crippen LogP contribution in [0.5, 0.6) is 0 Å². The van der Waals surface area contributed by atoms with Crippen molar-refractivity contribution in [3.8, 4) is 33.8 Å². The number of aryl methyl sites for hydroxylation is 1. The Balaban J connectivity index is 0.000000193. The van der Waals surface area contributed by atoms with Gasteiger partial charge in [-0.2, -0.15) is 26.3 Å².